The van der Waals surface area contributed by atoms with Crippen LogP contribution in [0.1, 0.15) is 17.2 Å². The molecule has 1 saturated heterocycles. The zero-order valence-electron chi connectivity index (χ0n) is 17.6. The van der Waals surface area contributed by atoms with Gasteiger partial charge in [0.15, 0.2) is 22.8 Å². The number of aryl methyl sites for hydroxylation is 4. The minimum absolute atomic E-state index is 0.739. The molecular weight excluding hydrogens is 380 g/mol. The predicted octanol–water partition coefficient (Wildman–Crippen LogP) is 1.59. The molecule has 0 atom stereocenters. The van der Waals surface area contributed by atoms with E-state index in [4.69, 9.17) is 0 Å². The molecule has 0 N–H and O–H groups in total. The fourth-order valence-electron chi connectivity index (χ4n) is 3.98. The summed E-state index contributed by atoms with van der Waals surface area (Å²) >= 11 is 0. The lowest BCUT2D eigenvalue weighted by atomic mass is 10.3. The maximum absolute atomic E-state index is 4.68. The SMILES string of the molecule is Cc1cc(C)n(-c2cc(N3CCN(c4ncnc5c4ncn5C)CC3)nc(C)n2)n1. The molecular formula is C20H24N10. The molecule has 0 amide bonds. The Bertz CT molecular complexity index is 1220. The number of hydrogen-bond acceptors (Lipinski definition) is 8. The van der Waals surface area contributed by atoms with Crippen LogP contribution in [0.25, 0.3) is 17.0 Å². The number of aromatic nitrogens is 8. The molecule has 0 spiro atoms. The molecule has 1 aliphatic heterocycles. The summed E-state index contributed by atoms with van der Waals surface area (Å²) in [5.74, 6) is 3.36. The van der Waals surface area contributed by atoms with Crippen molar-refractivity contribution in [2.24, 2.45) is 7.05 Å². The first-order chi connectivity index (χ1) is 14.5. The number of hydrogen-bond donors (Lipinski definition) is 0. The molecule has 4 aromatic rings. The van der Waals surface area contributed by atoms with E-state index in [9.17, 15) is 0 Å². The topological polar surface area (TPSA) is 93.7 Å². The highest BCUT2D eigenvalue weighted by Gasteiger charge is 2.23. The molecule has 1 aliphatic rings. The molecule has 10 nitrogen and oxygen atoms in total. The third-order valence-corrected chi connectivity index (χ3v) is 5.42. The van der Waals surface area contributed by atoms with Crippen LogP contribution in [-0.2, 0) is 7.05 Å². The minimum atomic E-state index is 0.739. The monoisotopic (exact) mass is 404 g/mol. The van der Waals surface area contributed by atoms with Crippen LogP contribution in [-0.4, -0.2) is 65.4 Å². The smallest absolute Gasteiger partial charge is 0.165 e. The van der Waals surface area contributed by atoms with Gasteiger partial charge in [-0.05, 0) is 26.8 Å². The van der Waals surface area contributed by atoms with E-state index in [1.165, 1.54) is 0 Å². The number of anilines is 2. The number of imidazole rings is 1. The lowest BCUT2D eigenvalue weighted by Crippen LogP contribution is -2.47. The molecule has 5 rings (SSSR count). The largest absolute Gasteiger partial charge is 0.353 e. The van der Waals surface area contributed by atoms with Crippen molar-refractivity contribution in [3.05, 3.63) is 42.0 Å². The minimum Gasteiger partial charge on any atom is -0.353 e. The summed E-state index contributed by atoms with van der Waals surface area (Å²) < 4.78 is 3.80. The van der Waals surface area contributed by atoms with Crippen LogP contribution < -0.4 is 9.80 Å². The van der Waals surface area contributed by atoms with E-state index in [-0.39, 0.29) is 0 Å². The van der Waals surface area contributed by atoms with Crippen molar-refractivity contribution in [2.75, 3.05) is 36.0 Å². The lowest BCUT2D eigenvalue weighted by molar-refractivity contribution is 0.639. The second-order valence-electron chi connectivity index (χ2n) is 7.67. The van der Waals surface area contributed by atoms with Gasteiger partial charge in [0.25, 0.3) is 0 Å². The van der Waals surface area contributed by atoms with Gasteiger partial charge >= 0.3 is 0 Å². The number of rotatable bonds is 3. The molecule has 5 heterocycles. The van der Waals surface area contributed by atoms with Crippen molar-refractivity contribution in [3.63, 3.8) is 0 Å². The van der Waals surface area contributed by atoms with Gasteiger partial charge < -0.3 is 14.4 Å². The molecule has 0 unspecified atom stereocenters. The van der Waals surface area contributed by atoms with Crippen LogP contribution in [0, 0.1) is 20.8 Å². The Kier molecular flexibility index (Phi) is 4.34. The van der Waals surface area contributed by atoms with E-state index in [1.807, 2.05) is 43.1 Å². The number of piperazine rings is 1. The van der Waals surface area contributed by atoms with Gasteiger partial charge in [-0.2, -0.15) is 5.10 Å². The number of nitrogens with zero attached hydrogens (tertiary/aromatic N) is 10. The van der Waals surface area contributed by atoms with Crippen molar-refractivity contribution in [3.8, 4) is 5.82 Å². The van der Waals surface area contributed by atoms with Gasteiger partial charge in [0.1, 0.15) is 18.0 Å². The second-order valence-corrected chi connectivity index (χ2v) is 7.67. The van der Waals surface area contributed by atoms with E-state index < -0.39 is 0 Å². The van der Waals surface area contributed by atoms with Crippen LogP contribution in [0.3, 0.4) is 0 Å². The Morgan fingerprint density at radius 2 is 1.57 bits per heavy atom. The molecule has 0 aromatic carbocycles. The van der Waals surface area contributed by atoms with Crippen LogP contribution in [0.15, 0.2) is 24.8 Å². The van der Waals surface area contributed by atoms with Gasteiger partial charge in [0.2, 0.25) is 0 Å². The summed E-state index contributed by atoms with van der Waals surface area (Å²) in [7, 11) is 1.95. The van der Waals surface area contributed by atoms with Crippen LogP contribution in [0.4, 0.5) is 11.6 Å². The Hall–Kier alpha value is -3.56. The van der Waals surface area contributed by atoms with Crippen molar-refractivity contribution in [1.29, 1.82) is 0 Å². The fourth-order valence-corrected chi connectivity index (χ4v) is 3.98. The van der Waals surface area contributed by atoms with E-state index in [0.717, 1.165) is 72.0 Å². The average Bonchev–Trinajstić information content (AvgIpc) is 3.29. The molecule has 154 valence electrons. The van der Waals surface area contributed by atoms with Crippen LogP contribution in [0.2, 0.25) is 0 Å². The van der Waals surface area contributed by atoms with Crippen molar-refractivity contribution < 1.29 is 0 Å². The van der Waals surface area contributed by atoms with Gasteiger partial charge in [-0.15, -0.1) is 0 Å². The molecule has 0 radical (unpaired) electrons. The maximum atomic E-state index is 4.68. The highest BCUT2D eigenvalue weighted by Crippen LogP contribution is 2.24. The Labute approximate surface area is 174 Å². The molecule has 0 aliphatic carbocycles. The van der Waals surface area contributed by atoms with E-state index in [1.54, 1.807) is 12.7 Å². The van der Waals surface area contributed by atoms with E-state index in [2.05, 4.69) is 45.9 Å². The standard InChI is InChI=1S/C20H24N10/c1-13-9-14(2)30(26-13)17-10-16(24-15(3)25-17)28-5-7-29(8-6-28)20-18-19(21-11-22-20)27(4)12-23-18/h9-12H,5-8H2,1-4H3. The first-order valence-electron chi connectivity index (χ1n) is 10.0. The summed E-state index contributed by atoms with van der Waals surface area (Å²) in [4.78, 5) is 27.2. The summed E-state index contributed by atoms with van der Waals surface area (Å²) in [5.41, 5.74) is 3.73. The van der Waals surface area contributed by atoms with E-state index >= 15 is 0 Å². The quantitative estimate of drug-likeness (QED) is 0.508. The van der Waals surface area contributed by atoms with Crippen molar-refractivity contribution in [2.45, 2.75) is 20.8 Å². The predicted molar refractivity (Wildman–Crippen MR) is 114 cm³/mol. The van der Waals surface area contributed by atoms with Gasteiger partial charge in [-0.25, -0.2) is 29.6 Å². The number of fused-ring (bicyclic) bond motifs is 1. The third kappa shape index (κ3) is 3.14. The third-order valence-electron chi connectivity index (χ3n) is 5.42. The zero-order valence-corrected chi connectivity index (χ0v) is 17.6. The average molecular weight is 404 g/mol. The Morgan fingerprint density at radius 3 is 2.30 bits per heavy atom. The summed E-state index contributed by atoms with van der Waals surface area (Å²) in [6.45, 7) is 9.30. The maximum Gasteiger partial charge on any atom is 0.165 e. The normalized spacial score (nSPS) is 14.7. The second kappa shape index (κ2) is 7.05. The fraction of sp³-hybridized carbons (Fsp3) is 0.400. The zero-order chi connectivity index (χ0) is 20.8. The lowest BCUT2D eigenvalue weighted by Gasteiger charge is -2.36. The van der Waals surface area contributed by atoms with Gasteiger partial charge in [0, 0.05) is 45.0 Å². The van der Waals surface area contributed by atoms with Gasteiger partial charge in [-0.1, -0.05) is 0 Å². The summed E-state index contributed by atoms with van der Waals surface area (Å²) in [5, 5.41) is 4.57. The Morgan fingerprint density at radius 1 is 0.833 bits per heavy atom. The van der Waals surface area contributed by atoms with Crippen LogP contribution in [0.5, 0.6) is 0 Å². The van der Waals surface area contributed by atoms with Gasteiger partial charge in [-0.3, -0.25) is 0 Å². The molecule has 30 heavy (non-hydrogen) atoms. The van der Waals surface area contributed by atoms with Crippen molar-refractivity contribution in [1.82, 2.24) is 39.3 Å². The van der Waals surface area contributed by atoms with Crippen molar-refractivity contribution >= 4 is 22.8 Å². The molecule has 4 aromatic heterocycles. The first-order valence-corrected chi connectivity index (χ1v) is 10.0. The first kappa shape index (κ1) is 18.5. The Balaban J connectivity index is 1.38. The highest BCUT2D eigenvalue weighted by atomic mass is 15.3. The molecule has 10 heteroatoms. The molecule has 0 saturated carbocycles. The molecule has 0 bridgehead atoms. The summed E-state index contributed by atoms with van der Waals surface area (Å²) in [6.07, 6.45) is 3.39. The highest BCUT2D eigenvalue weighted by molar-refractivity contribution is 5.83. The summed E-state index contributed by atoms with van der Waals surface area (Å²) in [6, 6.07) is 4.07. The molecule has 1 fully saturated rings. The van der Waals surface area contributed by atoms with Crippen LogP contribution >= 0.6 is 0 Å². The van der Waals surface area contributed by atoms with E-state index in [0.29, 0.717) is 0 Å². The van der Waals surface area contributed by atoms with Gasteiger partial charge in [0.05, 0.1) is 12.0 Å².